The maximum atomic E-state index is 13.7. The zero-order valence-electron chi connectivity index (χ0n) is 24.6. The minimum absolute atomic E-state index is 0.0958. The number of nitrogens with zero attached hydrogens (tertiary/aromatic N) is 9. The summed E-state index contributed by atoms with van der Waals surface area (Å²) in [6.45, 7) is 0.413. The molecule has 0 bridgehead atoms. The zero-order chi connectivity index (χ0) is 30.5. The van der Waals surface area contributed by atoms with Crippen molar-refractivity contribution in [2.75, 3.05) is 5.32 Å². The monoisotopic (exact) mass is 586 g/mol. The van der Waals surface area contributed by atoms with Crippen molar-refractivity contribution in [2.45, 2.75) is 38.3 Å². The van der Waals surface area contributed by atoms with Gasteiger partial charge in [-0.3, -0.25) is 14.7 Å². The number of aromatic nitrogens is 7. The van der Waals surface area contributed by atoms with Crippen molar-refractivity contribution in [3.63, 3.8) is 0 Å². The van der Waals surface area contributed by atoms with E-state index in [1.54, 1.807) is 26.3 Å². The van der Waals surface area contributed by atoms with E-state index in [1.807, 2.05) is 75.0 Å². The van der Waals surface area contributed by atoms with E-state index in [1.165, 1.54) is 6.20 Å². The lowest BCUT2D eigenvalue weighted by Gasteiger charge is -2.25. The Balaban J connectivity index is 1.21. The molecule has 5 aromatic rings. The molecule has 0 unspecified atom stereocenters. The minimum atomic E-state index is -0.215. The summed E-state index contributed by atoms with van der Waals surface area (Å²) < 4.78 is 5.13. The number of amides is 2. The summed E-state index contributed by atoms with van der Waals surface area (Å²) >= 11 is 0. The van der Waals surface area contributed by atoms with Crippen LogP contribution in [0.5, 0.6) is 0 Å². The number of nitrogens with one attached hydrogen (secondary N) is 2. The lowest BCUT2D eigenvalue weighted by Crippen LogP contribution is -2.37. The van der Waals surface area contributed by atoms with Gasteiger partial charge in [0.05, 0.1) is 30.2 Å². The van der Waals surface area contributed by atoms with Crippen molar-refractivity contribution in [1.82, 2.24) is 39.8 Å². The summed E-state index contributed by atoms with van der Waals surface area (Å²) in [5.74, 6) is 1.02. The van der Waals surface area contributed by atoms with E-state index in [4.69, 9.17) is 4.98 Å². The number of aryl methyl sites for hydroxylation is 2. The Morgan fingerprint density at radius 1 is 1.00 bits per heavy atom. The molecule has 0 radical (unpaired) electrons. The van der Waals surface area contributed by atoms with Crippen LogP contribution < -0.4 is 10.6 Å². The Morgan fingerprint density at radius 3 is 2.48 bits per heavy atom. The molecular weight excluding hydrogens is 554 g/mol. The number of hydrogen-bond acceptors (Lipinski definition) is 8. The molecule has 6 rings (SSSR count). The molecule has 1 aliphatic carbocycles. The Morgan fingerprint density at radius 2 is 1.82 bits per heavy atom. The number of carbonyl (C=O) groups is 1. The topological polar surface area (TPSA) is 142 Å². The number of anilines is 1. The molecule has 4 heterocycles. The first-order valence-electron chi connectivity index (χ1n) is 14.4. The van der Waals surface area contributed by atoms with Crippen LogP contribution in [0.15, 0.2) is 79.5 Å². The second-order valence-corrected chi connectivity index (χ2v) is 10.7. The first-order chi connectivity index (χ1) is 21.5. The molecule has 0 spiro atoms. The smallest absolute Gasteiger partial charge is 0.351 e. The predicted molar refractivity (Wildman–Crippen MR) is 165 cm³/mol. The van der Waals surface area contributed by atoms with E-state index in [-0.39, 0.29) is 12.1 Å². The number of rotatable bonds is 7. The fraction of sp³-hybridized carbons (Fsp3) is 0.250. The van der Waals surface area contributed by atoms with Crippen LogP contribution in [0.2, 0.25) is 0 Å². The van der Waals surface area contributed by atoms with Crippen LogP contribution in [0, 0.1) is 11.3 Å². The molecule has 1 fully saturated rings. The van der Waals surface area contributed by atoms with Gasteiger partial charge in [-0.25, -0.2) is 14.8 Å². The van der Waals surface area contributed by atoms with Crippen LogP contribution in [0.1, 0.15) is 36.8 Å². The average molecular weight is 587 g/mol. The normalized spacial score (nSPS) is 14.6. The van der Waals surface area contributed by atoms with Gasteiger partial charge in [0.25, 0.3) is 5.82 Å². The first-order valence-corrected chi connectivity index (χ1v) is 14.4. The molecule has 2 N–H and O–H groups in total. The Kier molecular flexibility index (Phi) is 8.18. The molecule has 1 saturated carbocycles. The summed E-state index contributed by atoms with van der Waals surface area (Å²) in [6.07, 6.45) is 11.8. The number of pyridine rings is 1. The van der Waals surface area contributed by atoms with Crippen molar-refractivity contribution in [3.05, 3.63) is 90.6 Å². The lowest BCUT2D eigenvalue weighted by molar-refractivity contribution is -0.342. The van der Waals surface area contributed by atoms with Gasteiger partial charge in [-0.05, 0) is 30.5 Å². The molecule has 0 aliphatic heterocycles. The van der Waals surface area contributed by atoms with Crippen molar-refractivity contribution in [1.29, 1.82) is 5.26 Å². The van der Waals surface area contributed by atoms with Crippen LogP contribution >= 0.6 is 0 Å². The maximum absolute atomic E-state index is 13.7. The summed E-state index contributed by atoms with van der Waals surface area (Å²) in [7, 11) is 3.70. The largest absolute Gasteiger partial charge is 0.441 e. The summed E-state index contributed by atoms with van der Waals surface area (Å²) in [6, 6.07) is 17.5. The molecule has 1 aliphatic rings. The Bertz CT molecular complexity index is 1840. The lowest BCUT2D eigenvalue weighted by atomic mass is 9.93. The molecule has 1 aromatic carbocycles. The minimum Gasteiger partial charge on any atom is -0.351 e. The van der Waals surface area contributed by atoms with Crippen LogP contribution in [-0.2, 0) is 20.6 Å². The van der Waals surface area contributed by atoms with Gasteiger partial charge in [0, 0.05) is 62.6 Å². The number of urea groups is 1. The highest BCUT2D eigenvalue weighted by Crippen LogP contribution is 2.25. The second-order valence-electron chi connectivity index (χ2n) is 10.7. The predicted octanol–water partition coefficient (Wildman–Crippen LogP) is 4.59. The molecule has 44 heavy (non-hydrogen) atoms. The summed E-state index contributed by atoms with van der Waals surface area (Å²) in [5, 5.41) is 24.7. The average Bonchev–Trinajstić information content (AvgIpc) is 3.70. The third-order valence-electron chi connectivity index (χ3n) is 7.58. The molecule has 4 aromatic heterocycles. The van der Waals surface area contributed by atoms with Gasteiger partial charge in [0.15, 0.2) is 0 Å². The molecule has 220 valence electrons. The van der Waals surface area contributed by atoms with E-state index >= 15 is 0 Å². The highest BCUT2D eigenvalue weighted by Gasteiger charge is 2.28. The fourth-order valence-electron chi connectivity index (χ4n) is 5.29. The van der Waals surface area contributed by atoms with Crippen molar-refractivity contribution in [3.8, 4) is 28.6 Å². The first kappa shape index (κ1) is 28.4. The van der Waals surface area contributed by atoms with Crippen molar-refractivity contribution < 1.29 is 9.37 Å². The van der Waals surface area contributed by atoms with E-state index in [9.17, 15) is 10.1 Å². The van der Waals surface area contributed by atoms with Crippen molar-refractivity contribution in [2.24, 2.45) is 14.1 Å². The quantitative estimate of drug-likeness (QED) is 0.264. The third kappa shape index (κ3) is 6.37. The van der Waals surface area contributed by atoms with Gasteiger partial charge in [0.2, 0.25) is 5.95 Å². The highest BCUT2D eigenvalue weighted by molar-refractivity contribution is 5.87. The SMILES string of the molecule is Cn1cc(-c2ccc([N+](C(=O)NCc3ccccc3)=C3CCC(Nc4ncc(C#N)c(-c5ccn(C)n5)n4)CC3)nc2)cn1. The van der Waals surface area contributed by atoms with E-state index in [0.29, 0.717) is 48.1 Å². The van der Waals surface area contributed by atoms with E-state index in [0.717, 1.165) is 35.2 Å². The number of benzene rings is 1. The molecular formula is C32H32N11O+. The number of hydrogen-bond donors (Lipinski definition) is 2. The van der Waals surface area contributed by atoms with Gasteiger partial charge in [0.1, 0.15) is 23.7 Å². The van der Waals surface area contributed by atoms with Crippen molar-refractivity contribution >= 4 is 23.5 Å². The van der Waals surface area contributed by atoms with Gasteiger partial charge in [-0.2, -0.15) is 20.0 Å². The number of nitriles is 1. The molecule has 0 atom stereocenters. The summed E-state index contributed by atoms with van der Waals surface area (Å²) in [5.41, 5.74) is 5.38. The number of carbonyl (C=O) groups excluding carboxylic acids is 1. The van der Waals surface area contributed by atoms with Gasteiger partial charge < -0.3 is 5.32 Å². The Labute approximate surface area is 254 Å². The molecule has 12 nitrogen and oxygen atoms in total. The Hall–Kier alpha value is -5.70. The zero-order valence-corrected chi connectivity index (χ0v) is 24.6. The van der Waals surface area contributed by atoms with Crippen LogP contribution in [0.25, 0.3) is 22.5 Å². The van der Waals surface area contributed by atoms with E-state index in [2.05, 4.69) is 36.9 Å². The van der Waals surface area contributed by atoms with Crippen LogP contribution in [-0.4, -0.2) is 56.9 Å². The van der Waals surface area contributed by atoms with E-state index < -0.39 is 0 Å². The summed E-state index contributed by atoms with van der Waals surface area (Å²) in [4.78, 5) is 27.3. The molecule has 12 heteroatoms. The second kappa shape index (κ2) is 12.7. The van der Waals surface area contributed by atoms with Gasteiger partial charge >= 0.3 is 6.03 Å². The van der Waals surface area contributed by atoms with Gasteiger partial charge in [-0.15, -0.1) is 4.98 Å². The van der Waals surface area contributed by atoms with Gasteiger partial charge in [-0.1, -0.05) is 30.3 Å². The molecule has 2 amide bonds. The fourth-order valence-corrected chi connectivity index (χ4v) is 5.29. The van der Waals surface area contributed by atoms with Crippen LogP contribution in [0.3, 0.4) is 0 Å². The highest BCUT2D eigenvalue weighted by atomic mass is 16.2. The standard InChI is InChI=1S/C32H31N11O/c1-41-15-14-28(40-41)30-24(16-33)19-35-31(39-30)38-26-9-11-27(12-10-26)43(32(44)36-17-22-6-4-3-5-7-22)29-13-8-23(18-34-29)25-20-37-42(2)21-25/h3-8,13-15,18-21,26H,9-12,17H2,1-2H3,(H-,35,36,38,39,44)/p+1. The molecule has 0 saturated heterocycles. The van der Waals surface area contributed by atoms with Crippen LogP contribution in [0.4, 0.5) is 16.6 Å². The maximum Gasteiger partial charge on any atom is 0.441 e. The third-order valence-corrected chi connectivity index (χ3v) is 7.58.